The van der Waals surface area contributed by atoms with Gasteiger partial charge in [0.25, 0.3) is 5.69 Å². The van der Waals surface area contributed by atoms with E-state index in [9.17, 15) is 27.3 Å². The Morgan fingerprint density at radius 3 is 2.64 bits per heavy atom. The van der Waals surface area contributed by atoms with Gasteiger partial charge in [0.15, 0.2) is 0 Å². The Kier molecular flexibility index (Phi) is 4.29. The zero-order valence-electron chi connectivity index (χ0n) is 12.6. The summed E-state index contributed by atoms with van der Waals surface area (Å²) in [6.45, 7) is 0.230. The average Bonchev–Trinajstić information content (AvgIpc) is 2.98. The molecule has 10 heteroatoms. The van der Waals surface area contributed by atoms with E-state index < -0.39 is 31.1 Å². The molecule has 0 saturated heterocycles. The molecule has 7 nitrogen and oxygen atoms in total. The first-order chi connectivity index (χ1) is 11.8. The SMILES string of the molecule is O=[N+]([O-])c1cc(S(=O)(=O)C(F)F)ccc1NC1COc2ccccc21. The lowest BCUT2D eigenvalue weighted by Crippen LogP contribution is -2.15. The number of nitrogens with zero attached hydrogens (tertiary/aromatic N) is 1. The number of anilines is 1. The fraction of sp³-hybridized carbons (Fsp3) is 0.200. The summed E-state index contributed by atoms with van der Waals surface area (Å²) < 4.78 is 53.8. The quantitative estimate of drug-likeness (QED) is 0.641. The largest absolute Gasteiger partial charge is 0.491 e. The number of nitro benzene ring substituents is 1. The minimum Gasteiger partial charge on any atom is -0.491 e. The van der Waals surface area contributed by atoms with Crippen molar-refractivity contribution >= 4 is 21.2 Å². The molecule has 0 aromatic heterocycles. The molecule has 0 radical (unpaired) electrons. The van der Waals surface area contributed by atoms with Crippen molar-refractivity contribution in [3.63, 3.8) is 0 Å². The third-order valence-corrected chi connectivity index (χ3v) is 5.14. The molecular weight excluding hydrogens is 358 g/mol. The van der Waals surface area contributed by atoms with Crippen LogP contribution in [0.3, 0.4) is 0 Å². The molecule has 0 spiro atoms. The Morgan fingerprint density at radius 2 is 1.96 bits per heavy atom. The molecule has 132 valence electrons. The lowest BCUT2D eigenvalue weighted by Gasteiger charge is -2.14. The molecule has 2 aromatic carbocycles. The number of sulfone groups is 1. The molecule has 0 amide bonds. The highest BCUT2D eigenvalue weighted by Crippen LogP contribution is 2.37. The fourth-order valence-corrected chi connectivity index (χ4v) is 3.27. The van der Waals surface area contributed by atoms with Crippen LogP contribution in [0, 0.1) is 10.1 Å². The predicted molar refractivity (Wildman–Crippen MR) is 84.6 cm³/mol. The van der Waals surface area contributed by atoms with E-state index in [1.165, 1.54) is 0 Å². The second-order valence-corrected chi connectivity index (χ2v) is 7.21. The van der Waals surface area contributed by atoms with Crippen LogP contribution in [0.1, 0.15) is 11.6 Å². The van der Waals surface area contributed by atoms with Crippen LogP contribution in [0.25, 0.3) is 0 Å². The van der Waals surface area contributed by atoms with Gasteiger partial charge in [0.1, 0.15) is 18.0 Å². The van der Waals surface area contributed by atoms with E-state index in [2.05, 4.69) is 5.32 Å². The van der Waals surface area contributed by atoms with Gasteiger partial charge < -0.3 is 10.1 Å². The lowest BCUT2D eigenvalue weighted by molar-refractivity contribution is -0.384. The number of ether oxygens (including phenoxy) is 1. The Bertz CT molecular complexity index is 933. The highest BCUT2D eigenvalue weighted by molar-refractivity contribution is 7.91. The second kappa shape index (κ2) is 6.28. The van der Waals surface area contributed by atoms with Crippen LogP contribution in [-0.4, -0.2) is 25.7 Å². The molecular formula is C15H12F2N2O5S. The van der Waals surface area contributed by atoms with Gasteiger partial charge in [0.05, 0.1) is 15.9 Å². The second-order valence-electron chi connectivity index (χ2n) is 5.29. The highest BCUT2D eigenvalue weighted by atomic mass is 32.2. The number of hydrogen-bond donors (Lipinski definition) is 1. The number of hydrogen-bond acceptors (Lipinski definition) is 6. The van der Waals surface area contributed by atoms with E-state index in [1.54, 1.807) is 24.3 Å². The van der Waals surface area contributed by atoms with Gasteiger partial charge in [-0.05, 0) is 18.2 Å². The van der Waals surface area contributed by atoms with Gasteiger partial charge in [-0.25, -0.2) is 8.42 Å². The van der Waals surface area contributed by atoms with E-state index >= 15 is 0 Å². The molecule has 0 aliphatic carbocycles. The normalized spacial score (nSPS) is 16.4. The first kappa shape index (κ1) is 17.1. The van der Waals surface area contributed by atoms with Crippen LogP contribution in [0.15, 0.2) is 47.4 Å². The summed E-state index contributed by atoms with van der Waals surface area (Å²) in [5.41, 5.74) is 0.204. The number of alkyl halides is 2. The molecule has 1 unspecified atom stereocenters. The molecule has 1 heterocycles. The van der Waals surface area contributed by atoms with E-state index in [0.29, 0.717) is 11.8 Å². The van der Waals surface area contributed by atoms with Crippen LogP contribution in [0.5, 0.6) is 5.75 Å². The van der Waals surface area contributed by atoms with Crippen molar-refractivity contribution in [3.05, 3.63) is 58.1 Å². The summed E-state index contributed by atoms with van der Waals surface area (Å²) in [7, 11) is -4.92. The summed E-state index contributed by atoms with van der Waals surface area (Å²) in [4.78, 5) is 9.61. The maximum absolute atomic E-state index is 12.6. The molecule has 2 aromatic rings. The average molecular weight is 370 g/mol. The minimum absolute atomic E-state index is 0.0171. The maximum atomic E-state index is 12.6. The molecule has 3 rings (SSSR count). The Labute approximate surface area is 141 Å². The summed E-state index contributed by atoms with van der Waals surface area (Å²) in [5.74, 6) is -3.01. The summed E-state index contributed by atoms with van der Waals surface area (Å²) in [5, 5.41) is 14.1. The highest BCUT2D eigenvalue weighted by Gasteiger charge is 2.31. The van der Waals surface area contributed by atoms with Gasteiger partial charge in [-0.15, -0.1) is 0 Å². The standard InChI is InChI=1S/C15H12F2N2O5S/c16-15(17)25(22,23)9-5-6-11(13(7-9)19(20)21)18-12-8-24-14-4-2-1-3-10(12)14/h1-7,12,15,18H,8H2. The smallest absolute Gasteiger partial charge is 0.341 e. The Morgan fingerprint density at radius 1 is 1.24 bits per heavy atom. The monoisotopic (exact) mass is 370 g/mol. The Hall–Kier alpha value is -2.75. The van der Waals surface area contributed by atoms with Crippen molar-refractivity contribution in [3.8, 4) is 5.75 Å². The van der Waals surface area contributed by atoms with Crippen LogP contribution < -0.4 is 10.1 Å². The van der Waals surface area contributed by atoms with E-state index in [-0.39, 0.29) is 18.3 Å². The third kappa shape index (κ3) is 3.12. The molecule has 1 aliphatic heterocycles. The van der Waals surface area contributed by atoms with Crippen molar-refractivity contribution in [1.82, 2.24) is 0 Å². The minimum atomic E-state index is -4.92. The topological polar surface area (TPSA) is 98.5 Å². The summed E-state index contributed by atoms with van der Waals surface area (Å²) >= 11 is 0. The van der Waals surface area contributed by atoms with Crippen LogP contribution in [0.4, 0.5) is 20.2 Å². The van der Waals surface area contributed by atoms with E-state index in [4.69, 9.17) is 4.74 Å². The van der Waals surface area contributed by atoms with Gasteiger partial charge in [-0.2, -0.15) is 8.78 Å². The molecule has 1 aliphatic rings. The fourth-order valence-electron chi connectivity index (χ4n) is 2.53. The van der Waals surface area contributed by atoms with Crippen molar-refractivity contribution in [2.45, 2.75) is 16.7 Å². The van der Waals surface area contributed by atoms with Crippen molar-refractivity contribution in [2.75, 3.05) is 11.9 Å². The van der Waals surface area contributed by atoms with Crippen LogP contribution in [-0.2, 0) is 9.84 Å². The Balaban J connectivity index is 1.97. The van der Waals surface area contributed by atoms with Gasteiger partial charge in [-0.1, -0.05) is 18.2 Å². The summed E-state index contributed by atoms with van der Waals surface area (Å²) in [6.07, 6.45) is 0. The first-order valence-corrected chi connectivity index (χ1v) is 8.64. The predicted octanol–water partition coefficient (Wildman–Crippen LogP) is 3.14. The van der Waals surface area contributed by atoms with Crippen LogP contribution >= 0.6 is 0 Å². The molecule has 1 atom stereocenters. The number of fused-ring (bicyclic) bond motifs is 1. The number of benzene rings is 2. The first-order valence-electron chi connectivity index (χ1n) is 7.09. The van der Waals surface area contributed by atoms with Gasteiger partial charge in [0, 0.05) is 11.6 Å². The number of nitro groups is 1. The van der Waals surface area contributed by atoms with Gasteiger partial charge in [-0.3, -0.25) is 10.1 Å². The molecule has 1 N–H and O–H groups in total. The summed E-state index contributed by atoms with van der Waals surface area (Å²) in [6, 6.07) is 9.39. The van der Waals surface area contributed by atoms with Crippen molar-refractivity contribution < 1.29 is 26.9 Å². The van der Waals surface area contributed by atoms with Gasteiger partial charge in [0.2, 0.25) is 9.84 Å². The van der Waals surface area contributed by atoms with Crippen molar-refractivity contribution in [2.24, 2.45) is 0 Å². The zero-order chi connectivity index (χ0) is 18.2. The maximum Gasteiger partial charge on any atom is 0.341 e. The number of para-hydroxylation sites is 1. The molecule has 25 heavy (non-hydrogen) atoms. The number of nitrogens with one attached hydrogen (secondary N) is 1. The molecule has 0 saturated carbocycles. The lowest BCUT2D eigenvalue weighted by atomic mass is 10.1. The van der Waals surface area contributed by atoms with Crippen LogP contribution in [0.2, 0.25) is 0 Å². The molecule has 0 fully saturated rings. The molecule has 0 bridgehead atoms. The van der Waals surface area contributed by atoms with Crippen molar-refractivity contribution in [1.29, 1.82) is 0 Å². The van der Waals surface area contributed by atoms with Gasteiger partial charge >= 0.3 is 5.76 Å². The zero-order valence-corrected chi connectivity index (χ0v) is 13.4. The number of rotatable bonds is 5. The van der Waals surface area contributed by atoms with E-state index in [0.717, 1.165) is 17.7 Å². The number of halogens is 2. The third-order valence-electron chi connectivity index (χ3n) is 3.76. The van der Waals surface area contributed by atoms with E-state index in [1.807, 2.05) is 0 Å².